The fourth-order valence-corrected chi connectivity index (χ4v) is 4.07. The third kappa shape index (κ3) is 6.13. The molecule has 7 nitrogen and oxygen atoms in total. The molecule has 2 aromatic carbocycles. The summed E-state index contributed by atoms with van der Waals surface area (Å²) in [6.07, 6.45) is 6.13. The van der Waals surface area contributed by atoms with Crippen molar-refractivity contribution in [3.05, 3.63) is 78.1 Å². The summed E-state index contributed by atoms with van der Waals surface area (Å²) >= 11 is 0. The van der Waals surface area contributed by atoms with Crippen LogP contribution >= 0.6 is 24.0 Å². The summed E-state index contributed by atoms with van der Waals surface area (Å²) < 4.78 is 1.88. The molecule has 3 aromatic rings. The van der Waals surface area contributed by atoms with Crippen LogP contribution in [0.15, 0.2) is 72.0 Å². The van der Waals surface area contributed by atoms with E-state index in [4.69, 9.17) is 0 Å². The van der Waals surface area contributed by atoms with Gasteiger partial charge in [-0.3, -0.25) is 9.79 Å². The van der Waals surface area contributed by atoms with Gasteiger partial charge in [0, 0.05) is 57.6 Å². The number of nitrogens with one attached hydrogen (secondary N) is 1. The Hall–Kier alpha value is -2.88. The standard InChI is InChI=1S/C25H30N6O.HI/c1-26-25(29(2)18-20-17-28-31(19-20)22-10-4-3-5-11-22)27-15-8-13-24(32)30-16-14-21-9-6-7-12-23(21)30;/h3-7,9-12,17,19H,8,13-16,18H2,1-2H3,(H,26,27);1H. The van der Waals surface area contributed by atoms with Gasteiger partial charge in [-0.25, -0.2) is 4.68 Å². The molecule has 4 rings (SSSR count). The van der Waals surface area contributed by atoms with E-state index in [1.54, 1.807) is 7.05 Å². The van der Waals surface area contributed by atoms with Gasteiger partial charge in [0.1, 0.15) is 0 Å². The van der Waals surface area contributed by atoms with Crippen LogP contribution < -0.4 is 10.2 Å². The van der Waals surface area contributed by atoms with Gasteiger partial charge in [-0.2, -0.15) is 5.10 Å². The number of nitrogens with zero attached hydrogens (tertiary/aromatic N) is 5. The first-order chi connectivity index (χ1) is 15.7. The number of rotatable bonds is 7. The summed E-state index contributed by atoms with van der Waals surface area (Å²) in [6, 6.07) is 18.2. The predicted molar refractivity (Wildman–Crippen MR) is 144 cm³/mol. The summed E-state index contributed by atoms with van der Waals surface area (Å²) in [7, 11) is 3.78. The highest BCUT2D eigenvalue weighted by Crippen LogP contribution is 2.27. The monoisotopic (exact) mass is 558 g/mol. The molecule has 2 heterocycles. The highest BCUT2D eigenvalue weighted by Gasteiger charge is 2.23. The van der Waals surface area contributed by atoms with E-state index < -0.39 is 0 Å². The molecule has 0 spiro atoms. The van der Waals surface area contributed by atoms with Gasteiger partial charge < -0.3 is 15.1 Å². The SMILES string of the molecule is CN=C(NCCCC(=O)N1CCc2ccccc21)N(C)Cc1cnn(-c2ccccc2)c1.I. The van der Waals surface area contributed by atoms with E-state index in [1.165, 1.54) is 5.56 Å². The third-order valence-corrected chi connectivity index (χ3v) is 5.69. The van der Waals surface area contributed by atoms with Gasteiger partial charge in [0.2, 0.25) is 5.91 Å². The fourth-order valence-electron chi connectivity index (χ4n) is 4.07. The van der Waals surface area contributed by atoms with E-state index in [0.29, 0.717) is 19.5 Å². The fraction of sp³-hybridized carbons (Fsp3) is 0.320. The van der Waals surface area contributed by atoms with E-state index >= 15 is 0 Å². The van der Waals surface area contributed by atoms with E-state index in [0.717, 1.165) is 42.3 Å². The van der Waals surface area contributed by atoms with Gasteiger partial charge in [0.25, 0.3) is 0 Å². The van der Waals surface area contributed by atoms with Crippen LogP contribution in [0.1, 0.15) is 24.0 Å². The van der Waals surface area contributed by atoms with E-state index in [-0.39, 0.29) is 29.9 Å². The maximum atomic E-state index is 12.7. The number of benzene rings is 2. The first-order valence-electron chi connectivity index (χ1n) is 11.0. The minimum atomic E-state index is 0. The lowest BCUT2D eigenvalue weighted by atomic mass is 10.2. The zero-order valence-electron chi connectivity index (χ0n) is 19.1. The molecule has 0 saturated heterocycles. The Balaban J connectivity index is 0.00000306. The Morgan fingerprint density at radius 2 is 1.91 bits per heavy atom. The zero-order chi connectivity index (χ0) is 22.3. The minimum Gasteiger partial charge on any atom is -0.356 e. The number of fused-ring (bicyclic) bond motifs is 1. The van der Waals surface area contributed by atoms with Crippen LogP contribution in [0.25, 0.3) is 5.69 Å². The second-order valence-corrected chi connectivity index (χ2v) is 7.99. The van der Waals surface area contributed by atoms with Crippen LogP contribution in [0, 0.1) is 0 Å². The highest BCUT2D eigenvalue weighted by molar-refractivity contribution is 14.0. The second-order valence-electron chi connectivity index (χ2n) is 7.99. The van der Waals surface area contributed by atoms with Gasteiger partial charge in [-0.15, -0.1) is 24.0 Å². The van der Waals surface area contributed by atoms with Crippen molar-refractivity contribution < 1.29 is 4.79 Å². The smallest absolute Gasteiger partial charge is 0.227 e. The molecule has 1 amide bonds. The molecule has 33 heavy (non-hydrogen) atoms. The Morgan fingerprint density at radius 1 is 1.15 bits per heavy atom. The number of anilines is 1. The quantitative estimate of drug-likeness (QED) is 0.207. The Morgan fingerprint density at radius 3 is 2.70 bits per heavy atom. The summed E-state index contributed by atoms with van der Waals surface area (Å²) in [5.41, 5.74) is 4.46. The molecule has 1 N–H and O–H groups in total. The van der Waals surface area contributed by atoms with Crippen LogP contribution in [0.5, 0.6) is 0 Å². The molecule has 0 aliphatic carbocycles. The number of aliphatic imine (C=N–C) groups is 1. The number of halogens is 1. The molecule has 1 aliphatic rings. The lowest BCUT2D eigenvalue weighted by molar-refractivity contribution is -0.118. The maximum Gasteiger partial charge on any atom is 0.227 e. The van der Waals surface area contributed by atoms with Gasteiger partial charge in [0.15, 0.2) is 5.96 Å². The number of aromatic nitrogens is 2. The molecule has 0 saturated carbocycles. The largest absolute Gasteiger partial charge is 0.356 e. The molecule has 0 bridgehead atoms. The Labute approximate surface area is 212 Å². The van der Waals surface area contributed by atoms with Crippen LogP contribution in [-0.4, -0.2) is 53.7 Å². The topological polar surface area (TPSA) is 65.8 Å². The molecule has 1 aliphatic heterocycles. The highest BCUT2D eigenvalue weighted by atomic mass is 127. The molecule has 1 aromatic heterocycles. The van der Waals surface area contributed by atoms with Gasteiger partial charge in [-0.05, 0) is 36.6 Å². The Kier molecular flexibility index (Phi) is 8.87. The zero-order valence-corrected chi connectivity index (χ0v) is 21.5. The van der Waals surface area contributed by atoms with Crippen LogP contribution in [0.2, 0.25) is 0 Å². The average molecular weight is 558 g/mol. The van der Waals surface area contributed by atoms with Crippen molar-refractivity contribution in [1.29, 1.82) is 0 Å². The number of carbonyl (C=O) groups is 1. The summed E-state index contributed by atoms with van der Waals surface area (Å²) in [5.74, 6) is 0.991. The second kappa shape index (κ2) is 11.8. The van der Waals surface area contributed by atoms with Crippen molar-refractivity contribution in [2.24, 2.45) is 4.99 Å². The number of guanidine groups is 1. The molecule has 0 fully saturated rings. The summed E-state index contributed by atoms with van der Waals surface area (Å²) in [6.45, 7) is 2.17. The van der Waals surface area contributed by atoms with E-state index in [2.05, 4.69) is 26.4 Å². The van der Waals surface area contributed by atoms with Crippen molar-refractivity contribution in [2.45, 2.75) is 25.8 Å². The van der Waals surface area contributed by atoms with Crippen molar-refractivity contribution >= 4 is 41.5 Å². The first-order valence-corrected chi connectivity index (χ1v) is 11.0. The lowest BCUT2D eigenvalue weighted by Crippen LogP contribution is -2.39. The molecular weight excluding hydrogens is 527 g/mol. The number of para-hydroxylation sites is 2. The molecule has 8 heteroatoms. The van der Waals surface area contributed by atoms with Crippen LogP contribution in [-0.2, 0) is 17.8 Å². The van der Waals surface area contributed by atoms with Crippen molar-refractivity contribution in [2.75, 3.05) is 32.1 Å². The minimum absolute atomic E-state index is 0. The molecule has 0 atom stereocenters. The lowest BCUT2D eigenvalue weighted by Gasteiger charge is -2.22. The maximum absolute atomic E-state index is 12.7. The van der Waals surface area contributed by atoms with Crippen LogP contribution in [0.4, 0.5) is 5.69 Å². The van der Waals surface area contributed by atoms with E-state index in [9.17, 15) is 4.79 Å². The van der Waals surface area contributed by atoms with Crippen molar-refractivity contribution in [3.63, 3.8) is 0 Å². The van der Waals surface area contributed by atoms with E-state index in [1.807, 2.05) is 77.6 Å². The normalized spacial score (nSPS) is 12.8. The number of hydrogen-bond donors (Lipinski definition) is 1. The van der Waals surface area contributed by atoms with Gasteiger partial charge in [0.05, 0.1) is 11.9 Å². The number of hydrogen-bond acceptors (Lipinski definition) is 3. The molecular formula is C25H31IN6O. The van der Waals surface area contributed by atoms with Gasteiger partial charge in [-0.1, -0.05) is 36.4 Å². The van der Waals surface area contributed by atoms with Crippen LogP contribution in [0.3, 0.4) is 0 Å². The van der Waals surface area contributed by atoms with Gasteiger partial charge >= 0.3 is 0 Å². The Bertz CT molecular complexity index is 1080. The molecule has 174 valence electrons. The number of amides is 1. The molecule has 0 unspecified atom stereocenters. The summed E-state index contributed by atoms with van der Waals surface area (Å²) in [4.78, 5) is 21.0. The number of carbonyl (C=O) groups excluding carboxylic acids is 1. The van der Waals surface area contributed by atoms with Crippen molar-refractivity contribution in [3.8, 4) is 5.69 Å². The predicted octanol–water partition coefficient (Wildman–Crippen LogP) is 3.87. The average Bonchev–Trinajstić information content (AvgIpc) is 3.47. The molecule has 0 radical (unpaired) electrons. The summed E-state index contributed by atoms with van der Waals surface area (Å²) in [5, 5.41) is 7.83. The van der Waals surface area contributed by atoms with Crippen molar-refractivity contribution in [1.82, 2.24) is 20.0 Å². The first kappa shape index (κ1) is 24.8. The third-order valence-electron chi connectivity index (χ3n) is 5.69.